The van der Waals surface area contributed by atoms with Crippen LogP contribution in [0.15, 0.2) is 36.4 Å². The van der Waals surface area contributed by atoms with Crippen LogP contribution in [0, 0.1) is 0 Å². The molecule has 8 nitrogen and oxygen atoms in total. The molecule has 2 aliphatic rings. The molecule has 8 heteroatoms. The second-order valence-electron chi connectivity index (χ2n) is 8.74. The van der Waals surface area contributed by atoms with Gasteiger partial charge in [-0.1, -0.05) is 6.07 Å². The van der Waals surface area contributed by atoms with Crippen molar-refractivity contribution in [2.24, 2.45) is 0 Å². The van der Waals surface area contributed by atoms with Gasteiger partial charge < -0.3 is 29.3 Å². The number of nitrogens with one attached hydrogen (secondary N) is 1. The van der Waals surface area contributed by atoms with Crippen LogP contribution in [0.2, 0.25) is 0 Å². The van der Waals surface area contributed by atoms with Gasteiger partial charge in [0.2, 0.25) is 5.91 Å². The SMILES string of the molecule is COc1cccc(NC(=O)CCN2CCCC(N3CCc4cc(OC)c(OC)cc4C3=O)C2)c1. The first kappa shape index (κ1) is 23.9. The first-order valence-electron chi connectivity index (χ1n) is 11.7. The smallest absolute Gasteiger partial charge is 0.254 e. The summed E-state index contributed by atoms with van der Waals surface area (Å²) in [6, 6.07) is 11.2. The maximum Gasteiger partial charge on any atom is 0.254 e. The summed E-state index contributed by atoms with van der Waals surface area (Å²) in [4.78, 5) is 30.1. The van der Waals surface area contributed by atoms with Crippen LogP contribution in [-0.4, -0.2) is 75.2 Å². The van der Waals surface area contributed by atoms with E-state index in [0.29, 0.717) is 42.3 Å². The quantitative estimate of drug-likeness (QED) is 0.642. The van der Waals surface area contributed by atoms with E-state index in [2.05, 4.69) is 10.2 Å². The van der Waals surface area contributed by atoms with Crippen LogP contribution in [0.1, 0.15) is 35.2 Å². The Kier molecular flexibility index (Phi) is 7.57. The third kappa shape index (κ3) is 5.28. The molecule has 2 aromatic carbocycles. The molecule has 2 heterocycles. The highest BCUT2D eigenvalue weighted by molar-refractivity contribution is 5.97. The summed E-state index contributed by atoms with van der Waals surface area (Å²) < 4.78 is 16.0. The maximum absolute atomic E-state index is 13.3. The number of carbonyl (C=O) groups is 2. The Hall–Kier alpha value is -3.26. The molecule has 2 aromatic rings. The Morgan fingerprint density at radius 2 is 1.85 bits per heavy atom. The molecule has 2 aliphatic heterocycles. The summed E-state index contributed by atoms with van der Waals surface area (Å²) in [6.45, 7) is 3.07. The number of nitrogens with zero attached hydrogens (tertiary/aromatic N) is 2. The van der Waals surface area contributed by atoms with Gasteiger partial charge in [0, 0.05) is 49.4 Å². The molecule has 0 spiro atoms. The third-order valence-electron chi connectivity index (χ3n) is 6.65. The first-order valence-corrected chi connectivity index (χ1v) is 11.7. The van der Waals surface area contributed by atoms with Crippen LogP contribution in [-0.2, 0) is 11.2 Å². The van der Waals surface area contributed by atoms with Crippen molar-refractivity contribution in [1.29, 1.82) is 0 Å². The molecule has 0 bridgehead atoms. The Balaban J connectivity index is 1.34. The number of hydrogen-bond donors (Lipinski definition) is 1. The lowest BCUT2D eigenvalue weighted by Gasteiger charge is -2.41. The van der Waals surface area contributed by atoms with Gasteiger partial charge in [-0.15, -0.1) is 0 Å². The minimum atomic E-state index is -0.0283. The second-order valence-corrected chi connectivity index (χ2v) is 8.74. The monoisotopic (exact) mass is 467 g/mol. The number of likely N-dealkylation sites (tertiary alicyclic amines) is 1. The van der Waals surface area contributed by atoms with E-state index in [1.807, 2.05) is 29.2 Å². The molecule has 0 aliphatic carbocycles. The molecule has 1 fully saturated rings. The van der Waals surface area contributed by atoms with Gasteiger partial charge in [0.25, 0.3) is 5.91 Å². The second kappa shape index (κ2) is 10.8. The molecule has 34 heavy (non-hydrogen) atoms. The predicted octanol–water partition coefficient (Wildman–Crippen LogP) is 3.20. The fourth-order valence-electron chi connectivity index (χ4n) is 4.85. The highest BCUT2D eigenvalue weighted by Crippen LogP contribution is 2.34. The summed E-state index contributed by atoms with van der Waals surface area (Å²) in [5.41, 5.74) is 2.42. The van der Waals surface area contributed by atoms with Crippen LogP contribution in [0.5, 0.6) is 17.2 Å². The standard InChI is InChI=1S/C26H33N3O5/c1-32-21-8-4-6-19(15-21)27-25(30)10-12-28-11-5-7-20(17-28)29-13-9-18-14-23(33-2)24(34-3)16-22(18)26(29)31/h4,6,8,14-16,20H,5,7,9-13,17H2,1-3H3,(H,27,30). The van der Waals surface area contributed by atoms with E-state index < -0.39 is 0 Å². The molecule has 1 saturated heterocycles. The van der Waals surface area contributed by atoms with Gasteiger partial charge in [-0.05, 0) is 55.6 Å². The fraction of sp³-hybridized carbons (Fsp3) is 0.462. The molecule has 1 unspecified atom stereocenters. The minimum absolute atomic E-state index is 0.0283. The van der Waals surface area contributed by atoms with Crippen LogP contribution in [0.25, 0.3) is 0 Å². The van der Waals surface area contributed by atoms with Gasteiger partial charge in [-0.3, -0.25) is 9.59 Å². The van der Waals surface area contributed by atoms with Crippen molar-refractivity contribution >= 4 is 17.5 Å². The Morgan fingerprint density at radius 1 is 1.06 bits per heavy atom. The lowest BCUT2D eigenvalue weighted by molar-refractivity contribution is -0.116. The number of rotatable bonds is 8. The van der Waals surface area contributed by atoms with Crippen LogP contribution < -0.4 is 19.5 Å². The molecule has 4 rings (SSSR count). The molecule has 0 radical (unpaired) electrons. The van der Waals surface area contributed by atoms with Crippen molar-refractivity contribution in [3.8, 4) is 17.2 Å². The Bertz CT molecular complexity index is 1040. The number of carbonyl (C=O) groups excluding carboxylic acids is 2. The van der Waals surface area contributed by atoms with Gasteiger partial charge in [0.1, 0.15) is 5.75 Å². The molecule has 1 atom stereocenters. The van der Waals surface area contributed by atoms with E-state index in [0.717, 1.165) is 43.6 Å². The van der Waals surface area contributed by atoms with Crippen LogP contribution >= 0.6 is 0 Å². The molecule has 2 amide bonds. The number of fused-ring (bicyclic) bond motifs is 1. The number of amides is 2. The van der Waals surface area contributed by atoms with Crippen LogP contribution in [0.3, 0.4) is 0 Å². The minimum Gasteiger partial charge on any atom is -0.497 e. The number of hydrogen-bond acceptors (Lipinski definition) is 6. The van der Waals surface area contributed by atoms with Crippen molar-refractivity contribution in [1.82, 2.24) is 9.80 Å². The number of ether oxygens (including phenoxy) is 3. The topological polar surface area (TPSA) is 80.3 Å². The lowest BCUT2D eigenvalue weighted by Crippen LogP contribution is -2.52. The van der Waals surface area contributed by atoms with E-state index in [1.54, 1.807) is 33.5 Å². The van der Waals surface area contributed by atoms with Gasteiger partial charge in [-0.25, -0.2) is 0 Å². The summed E-state index contributed by atoms with van der Waals surface area (Å²) >= 11 is 0. The average molecular weight is 468 g/mol. The number of anilines is 1. The average Bonchev–Trinajstić information content (AvgIpc) is 2.87. The van der Waals surface area contributed by atoms with Crippen molar-refractivity contribution in [2.75, 3.05) is 52.8 Å². The normalized spacial score (nSPS) is 18.3. The summed E-state index contributed by atoms with van der Waals surface area (Å²) in [6.07, 6.45) is 3.17. The number of methoxy groups -OCH3 is 3. The largest absolute Gasteiger partial charge is 0.497 e. The van der Waals surface area contributed by atoms with Crippen molar-refractivity contribution in [2.45, 2.75) is 31.7 Å². The molecular formula is C26H33N3O5. The van der Waals surface area contributed by atoms with Gasteiger partial charge in [0.05, 0.1) is 21.3 Å². The van der Waals surface area contributed by atoms with Crippen molar-refractivity contribution in [3.05, 3.63) is 47.5 Å². The summed E-state index contributed by atoms with van der Waals surface area (Å²) in [7, 11) is 4.79. The maximum atomic E-state index is 13.3. The van der Waals surface area contributed by atoms with Crippen molar-refractivity contribution < 1.29 is 23.8 Å². The van der Waals surface area contributed by atoms with Gasteiger partial charge >= 0.3 is 0 Å². The van der Waals surface area contributed by atoms with Crippen LogP contribution in [0.4, 0.5) is 5.69 Å². The number of benzene rings is 2. The van der Waals surface area contributed by atoms with Crippen molar-refractivity contribution in [3.63, 3.8) is 0 Å². The first-order chi connectivity index (χ1) is 16.5. The molecule has 182 valence electrons. The summed E-state index contributed by atoms with van der Waals surface area (Å²) in [5.74, 6) is 1.95. The number of piperidine rings is 1. The molecule has 0 aromatic heterocycles. The van der Waals surface area contributed by atoms with E-state index in [4.69, 9.17) is 14.2 Å². The predicted molar refractivity (Wildman–Crippen MR) is 130 cm³/mol. The highest BCUT2D eigenvalue weighted by atomic mass is 16.5. The zero-order chi connectivity index (χ0) is 24.1. The highest BCUT2D eigenvalue weighted by Gasteiger charge is 2.33. The lowest BCUT2D eigenvalue weighted by atomic mass is 9.94. The van der Waals surface area contributed by atoms with Gasteiger partial charge in [0.15, 0.2) is 11.5 Å². The summed E-state index contributed by atoms with van der Waals surface area (Å²) in [5, 5.41) is 2.94. The zero-order valence-electron chi connectivity index (χ0n) is 20.1. The zero-order valence-corrected chi connectivity index (χ0v) is 20.1. The fourth-order valence-corrected chi connectivity index (χ4v) is 4.85. The van der Waals surface area contributed by atoms with E-state index in [1.165, 1.54) is 0 Å². The Labute approximate surface area is 200 Å². The molecular weight excluding hydrogens is 434 g/mol. The van der Waals surface area contributed by atoms with E-state index in [-0.39, 0.29) is 17.9 Å². The molecule has 1 N–H and O–H groups in total. The van der Waals surface area contributed by atoms with E-state index >= 15 is 0 Å². The van der Waals surface area contributed by atoms with Gasteiger partial charge in [-0.2, -0.15) is 0 Å². The van der Waals surface area contributed by atoms with E-state index in [9.17, 15) is 9.59 Å². The molecule has 0 saturated carbocycles. The Morgan fingerprint density at radius 3 is 2.62 bits per heavy atom. The third-order valence-corrected chi connectivity index (χ3v) is 6.65.